The molecule has 0 saturated carbocycles. The van der Waals surface area contributed by atoms with Gasteiger partial charge in [-0.3, -0.25) is 0 Å². The number of halogens is 2. The molecule has 1 aromatic carbocycles. The van der Waals surface area contributed by atoms with Crippen molar-refractivity contribution in [3.63, 3.8) is 0 Å². The molecule has 0 saturated heterocycles. The summed E-state index contributed by atoms with van der Waals surface area (Å²) >= 11 is 7.96. The van der Waals surface area contributed by atoms with Crippen LogP contribution in [0.1, 0.15) is 10.5 Å². The fraction of sp³-hybridized carbons (Fsp3) is 0. The zero-order chi connectivity index (χ0) is 10.3. The van der Waals surface area contributed by atoms with Crippen LogP contribution in [0.15, 0.2) is 18.2 Å². The normalized spacial score (nSPS) is 10.7. The number of hydrogen-bond acceptors (Lipinski definition) is 1. The van der Waals surface area contributed by atoms with Crippen molar-refractivity contribution in [2.75, 3.05) is 0 Å². The van der Waals surface area contributed by atoms with Gasteiger partial charge < -0.3 is 10.1 Å². The lowest BCUT2D eigenvalue weighted by molar-refractivity contribution is 0.0691. The van der Waals surface area contributed by atoms with Crippen LogP contribution >= 0.6 is 34.2 Å². The van der Waals surface area contributed by atoms with E-state index < -0.39 is 5.97 Å². The van der Waals surface area contributed by atoms with Gasteiger partial charge >= 0.3 is 5.97 Å². The molecule has 2 N–H and O–H groups in total. The summed E-state index contributed by atoms with van der Waals surface area (Å²) in [4.78, 5) is 13.5. The monoisotopic (exact) mass is 321 g/mol. The Morgan fingerprint density at radius 3 is 2.79 bits per heavy atom. The fourth-order valence-electron chi connectivity index (χ4n) is 1.28. The lowest BCUT2D eigenvalue weighted by Gasteiger charge is -1.94. The van der Waals surface area contributed by atoms with E-state index in [9.17, 15) is 4.79 Å². The predicted molar refractivity (Wildman–Crippen MR) is 63.0 cm³/mol. The molecule has 5 heteroatoms. The predicted octanol–water partition coefficient (Wildman–Crippen LogP) is 3.12. The second-order valence-corrected chi connectivity index (χ2v) is 4.44. The number of aromatic amines is 1. The van der Waals surface area contributed by atoms with Gasteiger partial charge in [0.2, 0.25) is 0 Å². The highest BCUT2D eigenvalue weighted by Crippen LogP contribution is 2.25. The smallest absolute Gasteiger partial charge is 0.352 e. The molecule has 2 rings (SSSR count). The van der Waals surface area contributed by atoms with Crippen LogP contribution in [0.3, 0.4) is 0 Å². The summed E-state index contributed by atoms with van der Waals surface area (Å²) in [5.74, 6) is -0.965. The van der Waals surface area contributed by atoms with E-state index in [1.807, 2.05) is 0 Å². The van der Waals surface area contributed by atoms with Gasteiger partial charge in [-0.05, 0) is 40.8 Å². The number of H-pyrrole nitrogens is 1. The summed E-state index contributed by atoms with van der Waals surface area (Å²) < 4.78 is 0.939. The standard InChI is InChI=1S/C9H5ClINO2/c10-4-1-6(11)5-3-8(9(13)14)12-7(5)2-4/h1-3,12H,(H,13,14). The van der Waals surface area contributed by atoms with Gasteiger partial charge in [-0.1, -0.05) is 11.6 Å². The van der Waals surface area contributed by atoms with Crippen molar-refractivity contribution in [2.45, 2.75) is 0 Å². The third-order valence-corrected chi connectivity index (χ3v) is 2.99. The van der Waals surface area contributed by atoms with Crippen LogP contribution in [-0.4, -0.2) is 16.1 Å². The quantitative estimate of drug-likeness (QED) is 0.793. The van der Waals surface area contributed by atoms with Crippen LogP contribution in [-0.2, 0) is 0 Å². The number of carboxylic acids is 1. The molecule has 3 nitrogen and oxygen atoms in total. The minimum absolute atomic E-state index is 0.181. The third-order valence-electron chi connectivity index (χ3n) is 1.88. The second kappa shape index (κ2) is 3.43. The average molecular weight is 322 g/mol. The highest BCUT2D eigenvalue weighted by atomic mass is 127. The molecular formula is C9H5ClINO2. The number of hydrogen-bond donors (Lipinski definition) is 2. The Balaban J connectivity index is 2.76. The van der Waals surface area contributed by atoms with Crippen molar-refractivity contribution in [1.82, 2.24) is 4.98 Å². The van der Waals surface area contributed by atoms with Crippen molar-refractivity contribution in [3.8, 4) is 0 Å². The van der Waals surface area contributed by atoms with Gasteiger partial charge in [0.15, 0.2) is 0 Å². The largest absolute Gasteiger partial charge is 0.477 e. The van der Waals surface area contributed by atoms with Gasteiger partial charge in [-0.2, -0.15) is 0 Å². The molecule has 2 aromatic rings. The molecule has 0 unspecified atom stereocenters. The van der Waals surface area contributed by atoms with Gasteiger partial charge in [0.25, 0.3) is 0 Å². The molecule has 0 atom stereocenters. The molecule has 0 spiro atoms. The Morgan fingerprint density at radius 2 is 2.14 bits per heavy atom. The maximum Gasteiger partial charge on any atom is 0.352 e. The molecule has 1 heterocycles. The van der Waals surface area contributed by atoms with Crippen LogP contribution in [0.5, 0.6) is 0 Å². The topological polar surface area (TPSA) is 53.1 Å². The zero-order valence-corrected chi connectivity index (χ0v) is 9.76. The van der Waals surface area contributed by atoms with E-state index in [-0.39, 0.29) is 5.69 Å². The van der Waals surface area contributed by atoms with Gasteiger partial charge in [-0.15, -0.1) is 0 Å². The van der Waals surface area contributed by atoms with E-state index in [4.69, 9.17) is 16.7 Å². The average Bonchev–Trinajstić information content (AvgIpc) is 2.47. The lowest BCUT2D eigenvalue weighted by atomic mass is 10.2. The van der Waals surface area contributed by atoms with Crippen LogP contribution in [0, 0.1) is 3.57 Å². The zero-order valence-electron chi connectivity index (χ0n) is 6.84. The number of rotatable bonds is 1. The molecule has 14 heavy (non-hydrogen) atoms. The lowest BCUT2D eigenvalue weighted by Crippen LogP contribution is -1.94. The summed E-state index contributed by atoms with van der Waals surface area (Å²) in [6.45, 7) is 0. The Morgan fingerprint density at radius 1 is 1.43 bits per heavy atom. The third kappa shape index (κ3) is 1.59. The minimum Gasteiger partial charge on any atom is -0.477 e. The summed E-state index contributed by atoms with van der Waals surface area (Å²) in [6.07, 6.45) is 0. The van der Waals surface area contributed by atoms with Crippen molar-refractivity contribution < 1.29 is 9.90 Å². The van der Waals surface area contributed by atoms with Crippen molar-refractivity contribution in [2.24, 2.45) is 0 Å². The SMILES string of the molecule is O=C(O)c1cc2c(I)cc(Cl)cc2[nH]1. The van der Waals surface area contributed by atoms with E-state index in [2.05, 4.69) is 27.6 Å². The van der Waals surface area contributed by atoms with E-state index in [1.165, 1.54) is 0 Å². The van der Waals surface area contributed by atoms with Gasteiger partial charge in [0.1, 0.15) is 5.69 Å². The number of fused-ring (bicyclic) bond motifs is 1. The number of carboxylic acid groups (broad SMARTS) is 1. The number of nitrogens with one attached hydrogen (secondary N) is 1. The highest BCUT2D eigenvalue weighted by Gasteiger charge is 2.09. The van der Waals surface area contributed by atoms with Crippen LogP contribution < -0.4 is 0 Å². The Hall–Kier alpha value is -0.750. The highest BCUT2D eigenvalue weighted by molar-refractivity contribution is 14.1. The second-order valence-electron chi connectivity index (χ2n) is 2.84. The van der Waals surface area contributed by atoms with Gasteiger partial charge in [-0.25, -0.2) is 4.79 Å². The van der Waals surface area contributed by atoms with Gasteiger partial charge in [0.05, 0.1) is 0 Å². The van der Waals surface area contributed by atoms with Crippen molar-refractivity contribution >= 4 is 51.1 Å². The van der Waals surface area contributed by atoms with Crippen molar-refractivity contribution in [3.05, 3.63) is 32.5 Å². The first-order valence-electron chi connectivity index (χ1n) is 3.79. The number of aromatic carboxylic acids is 1. The number of benzene rings is 1. The first-order valence-corrected chi connectivity index (χ1v) is 5.24. The Labute approximate surface area is 98.2 Å². The molecule has 0 radical (unpaired) electrons. The van der Waals surface area contributed by atoms with Crippen LogP contribution in [0.2, 0.25) is 5.02 Å². The minimum atomic E-state index is -0.965. The van der Waals surface area contributed by atoms with Crippen LogP contribution in [0.25, 0.3) is 10.9 Å². The summed E-state index contributed by atoms with van der Waals surface area (Å²) in [5.41, 5.74) is 0.930. The summed E-state index contributed by atoms with van der Waals surface area (Å²) in [5, 5.41) is 10.3. The van der Waals surface area contributed by atoms with E-state index >= 15 is 0 Å². The Bertz CT molecular complexity index is 521. The molecule has 0 aliphatic carbocycles. The summed E-state index contributed by atoms with van der Waals surface area (Å²) in [6, 6.07) is 5.12. The number of aromatic nitrogens is 1. The first kappa shape index (κ1) is 9.79. The number of carbonyl (C=O) groups is 1. The maximum atomic E-state index is 10.7. The summed E-state index contributed by atoms with van der Waals surface area (Å²) in [7, 11) is 0. The Kier molecular flexibility index (Phi) is 2.40. The maximum absolute atomic E-state index is 10.7. The molecule has 72 valence electrons. The van der Waals surface area contributed by atoms with Crippen molar-refractivity contribution in [1.29, 1.82) is 0 Å². The molecular weight excluding hydrogens is 316 g/mol. The molecule has 0 aliphatic heterocycles. The fourth-order valence-corrected chi connectivity index (χ4v) is 2.46. The molecule has 0 fully saturated rings. The molecule has 0 aliphatic rings. The molecule has 0 bridgehead atoms. The van der Waals surface area contributed by atoms with Gasteiger partial charge in [0, 0.05) is 19.5 Å². The first-order chi connectivity index (χ1) is 6.58. The van der Waals surface area contributed by atoms with E-state index in [0.717, 1.165) is 14.5 Å². The van der Waals surface area contributed by atoms with E-state index in [0.29, 0.717) is 5.02 Å². The van der Waals surface area contributed by atoms with Crippen LogP contribution in [0.4, 0.5) is 0 Å². The molecule has 1 aromatic heterocycles. The van der Waals surface area contributed by atoms with E-state index in [1.54, 1.807) is 18.2 Å². The molecule has 0 amide bonds.